The van der Waals surface area contributed by atoms with Gasteiger partial charge in [-0.25, -0.2) is 0 Å². The molecule has 110 valence electrons. The van der Waals surface area contributed by atoms with Gasteiger partial charge in [-0.1, -0.05) is 20.8 Å². The van der Waals surface area contributed by atoms with Crippen LogP contribution in [0.5, 0.6) is 0 Å². The monoisotopic (exact) mass is 329 g/mol. The van der Waals surface area contributed by atoms with Crippen molar-refractivity contribution < 1.29 is 0 Å². The molecule has 0 saturated heterocycles. The van der Waals surface area contributed by atoms with E-state index in [1.54, 1.807) is 0 Å². The Hall–Kier alpha value is -0.350. The van der Waals surface area contributed by atoms with Crippen molar-refractivity contribution in [1.82, 2.24) is 15.1 Å². The van der Waals surface area contributed by atoms with E-state index < -0.39 is 0 Å². The predicted molar refractivity (Wildman–Crippen MR) is 85.6 cm³/mol. The van der Waals surface area contributed by atoms with Crippen LogP contribution in [0, 0.1) is 5.92 Å². The Labute approximate surface area is 126 Å². The fourth-order valence-corrected chi connectivity index (χ4v) is 2.79. The van der Waals surface area contributed by atoms with E-state index >= 15 is 0 Å². The van der Waals surface area contributed by atoms with Crippen molar-refractivity contribution >= 4 is 15.9 Å². The van der Waals surface area contributed by atoms with Crippen molar-refractivity contribution in [3.63, 3.8) is 0 Å². The smallest absolute Gasteiger partial charge is 0.0635 e. The minimum absolute atomic E-state index is 0.175. The Morgan fingerprint density at radius 1 is 1.37 bits per heavy atom. The van der Waals surface area contributed by atoms with Crippen molar-refractivity contribution in [2.75, 3.05) is 6.54 Å². The summed E-state index contributed by atoms with van der Waals surface area (Å²) in [4.78, 5) is 0. The van der Waals surface area contributed by atoms with Crippen molar-refractivity contribution in [3.05, 3.63) is 16.4 Å². The molecule has 1 aromatic rings. The molecular formula is C15H28BrN3. The van der Waals surface area contributed by atoms with E-state index in [4.69, 9.17) is 0 Å². The molecule has 0 fully saturated rings. The molecule has 19 heavy (non-hydrogen) atoms. The summed E-state index contributed by atoms with van der Waals surface area (Å²) in [5.74, 6) is 1.06. The number of hydrogen-bond acceptors (Lipinski definition) is 2. The van der Waals surface area contributed by atoms with Crippen LogP contribution in [-0.4, -0.2) is 21.9 Å². The van der Waals surface area contributed by atoms with Gasteiger partial charge in [0.05, 0.1) is 16.4 Å². The molecule has 0 aliphatic heterocycles. The third-order valence-corrected chi connectivity index (χ3v) is 4.12. The van der Waals surface area contributed by atoms with Gasteiger partial charge >= 0.3 is 0 Å². The molecule has 1 heterocycles. The van der Waals surface area contributed by atoms with Crippen molar-refractivity contribution in [2.45, 2.75) is 66.0 Å². The van der Waals surface area contributed by atoms with Crippen LogP contribution >= 0.6 is 15.9 Å². The molecule has 0 radical (unpaired) electrons. The highest BCUT2D eigenvalue weighted by Crippen LogP contribution is 2.30. The second-order valence-electron chi connectivity index (χ2n) is 6.50. The molecule has 2 unspecified atom stereocenters. The average Bonchev–Trinajstić information content (AvgIpc) is 2.66. The Morgan fingerprint density at radius 3 is 2.53 bits per heavy atom. The molecule has 2 atom stereocenters. The largest absolute Gasteiger partial charge is 0.312 e. The first kappa shape index (κ1) is 16.7. The predicted octanol–water partition coefficient (Wildman–Crippen LogP) is 4.18. The zero-order valence-corrected chi connectivity index (χ0v) is 14.7. The number of rotatable bonds is 6. The molecule has 0 aliphatic carbocycles. The van der Waals surface area contributed by atoms with E-state index in [0.29, 0.717) is 11.8 Å². The Balaban J connectivity index is 2.76. The SMILES string of the molecule is CCCn1ncc(Br)c1C(C)C(C)CNC(C)(C)C. The lowest BCUT2D eigenvalue weighted by atomic mass is 9.91. The lowest BCUT2D eigenvalue weighted by Gasteiger charge is -2.27. The molecule has 1 N–H and O–H groups in total. The minimum atomic E-state index is 0.175. The first-order valence-electron chi connectivity index (χ1n) is 7.22. The summed E-state index contributed by atoms with van der Waals surface area (Å²) < 4.78 is 3.28. The molecule has 0 aliphatic rings. The molecule has 3 nitrogen and oxygen atoms in total. The van der Waals surface area contributed by atoms with E-state index in [9.17, 15) is 0 Å². The highest BCUT2D eigenvalue weighted by molar-refractivity contribution is 9.10. The molecule has 0 saturated carbocycles. The van der Waals surface area contributed by atoms with E-state index in [0.717, 1.165) is 24.0 Å². The zero-order valence-electron chi connectivity index (χ0n) is 13.1. The minimum Gasteiger partial charge on any atom is -0.312 e. The fourth-order valence-electron chi connectivity index (χ4n) is 2.13. The molecule has 0 aromatic carbocycles. The van der Waals surface area contributed by atoms with Crippen LogP contribution in [0.4, 0.5) is 0 Å². The highest BCUT2D eigenvalue weighted by atomic mass is 79.9. The van der Waals surface area contributed by atoms with Gasteiger partial charge in [0, 0.05) is 18.0 Å². The molecule has 4 heteroatoms. The van der Waals surface area contributed by atoms with Gasteiger partial charge in [-0.3, -0.25) is 4.68 Å². The molecule has 1 rings (SSSR count). The third kappa shape index (κ3) is 4.92. The maximum Gasteiger partial charge on any atom is 0.0635 e. The quantitative estimate of drug-likeness (QED) is 0.848. The molecule has 1 aromatic heterocycles. The first-order valence-corrected chi connectivity index (χ1v) is 8.01. The molecule has 0 spiro atoms. The van der Waals surface area contributed by atoms with Crippen LogP contribution in [0.2, 0.25) is 0 Å². The summed E-state index contributed by atoms with van der Waals surface area (Å²) in [6, 6.07) is 0. The lowest BCUT2D eigenvalue weighted by Crippen LogP contribution is -2.39. The van der Waals surface area contributed by atoms with Gasteiger partial charge in [-0.05, 0) is 55.6 Å². The zero-order chi connectivity index (χ0) is 14.6. The number of aromatic nitrogens is 2. The van der Waals surface area contributed by atoms with Crippen molar-refractivity contribution in [1.29, 1.82) is 0 Å². The third-order valence-electron chi connectivity index (χ3n) is 3.51. The number of nitrogens with one attached hydrogen (secondary N) is 1. The van der Waals surface area contributed by atoms with E-state index in [2.05, 4.69) is 72.6 Å². The van der Waals surface area contributed by atoms with Crippen LogP contribution in [0.15, 0.2) is 10.7 Å². The van der Waals surface area contributed by atoms with Crippen LogP contribution < -0.4 is 5.32 Å². The number of aryl methyl sites for hydroxylation is 1. The fraction of sp³-hybridized carbons (Fsp3) is 0.800. The summed E-state index contributed by atoms with van der Waals surface area (Å²) in [6.45, 7) is 15.4. The van der Waals surface area contributed by atoms with Crippen LogP contribution in [0.1, 0.15) is 59.6 Å². The molecule has 0 bridgehead atoms. The van der Waals surface area contributed by atoms with Gasteiger partial charge in [-0.2, -0.15) is 5.10 Å². The van der Waals surface area contributed by atoms with Gasteiger partial charge in [0.25, 0.3) is 0 Å². The summed E-state index contributed by atoms with van der Waals surface area (Å²) in [5, 5.41) is 8.06. The summed E-state index contributed by atoms with van der Waals surface area (Å²) >= 11 is 3.64. The number of halogens is 1. The highest BCUT2D eigenvalue weighted by Gasteiger charge is 2.22. The summed E-state index contributed by atoms with van der Waals surface area (Å²) in [5.41, 5.74) is 1.50. The Morgan fingerprint density at radius 2 is 2.00 bits per heavy atom. The van der Waals surface area contributed by atoms with Crippen molar-refractivity contribution in [2.24, 2.45) is 5.92 Å². The van der Waals surface area contributed by atoms with Gasteiger partial charge in [0.2, 0.25) is 0 Å². The Kier molecular flexibility index (Phi) is 6.06. The van der Waals surface area contributed by atoms with Crippen LogP contribution in [0.25, 0.3) is 0 Å². The van der Waals surface area contributed by atoms with Gasteiger partial charge in [-0.15, -0.1) is 0 Å². The Bertz CT molecular complexity index is 393. The number of nitrogens with zero attached hydrogens (tertiary/aromatic N) is 2. The average molecular weight is 330 g/mol. The van der Waals surface area contributed by atoms with E-state index in [1.807, 2.05) is 6.20 Å². The number of hydrogen-bond donors (Lipinski definition) is 1. The van der Waals surface area contributed by atoms with Crippen molar-refractivity contribution in [3.8, 4) is 0 Å². The molecule has 0 amide bonds. The first-order chi connectivity index (χ1) is 8.76. The molecular weight excluding hydrogens is 302 g/mol. The van der Waals surface area contributed by atoms with Gasteiger partial charge in [0.1, 0.15) is 0 Å². The van der Waals surface area contributed by atoms with Crippen LogP contribution in [0.3, 0.4) is 0 Å². The normalized spacial score (nSPS) is 15.5. The second kappa shape index (κ2) is 6.89. The van der Waals surface area contributed by atoms with Gasteiger partial charge in [0.15, 0.2) is 0 Å². The maximum absolute atomic E-state index is 4.47. The van der Waals surface area contributed by atoms with Crippen LogP contribution in [-0.2, 0) is 6.54 Å². The van der Waals surface area contributed by atoms with Gasteiger partial charge < -0.3 is 5.32 Å². The second-order valence-corrected chi connectivity index (χ2v) is 7.35. The van der Waals surface area contributed by atoms with E-state index in [1.165, 1.54) is 5.69 Å². The summed E-state index contributed by atoms with van der Waals surface area (Å²) in [7, 11) is 0. The van der Waals surface area contributed by atoms with E-state index in [-0.39, 0.29) is 5.54 Å². The standard InChI is InChI=1S/C15H28BrN3/c1-7-8-19-14(13(16)10-18-19)12(3)11(2)9-17-15(4,5)6/h10-12,17H,7-9H2,1-6H3. The lowest BCUT2D eigenvalue weighted by molar-refractivity contribution is 0.350. The summed E-state index contributed by atoms with van der Waals surface area (Å²) in [6.07, 6.45) is 3.04. The maximum atomic E-state index is 4.47. The topological polar surface area (TPSA) is 29.9 Å².